The van der Waals surface area contributed by atoms with Crippen molar-refractivity contribution in [3.63, 3.8) is 0 Å². The minimum atomic E-state index is 0.683. The molecule has 0 spiro atoms. The third kappa shape index (κ3) is 2.98. The second kappa shape index (κ2) is 5.48. The van der Waals surface area contributed by atoms with Crippen molar-refractivity contribution < 1.29 is 0 Å². The number of rotatable bonds is 3. The largest absolute Gasteiger partial charge is 0.299 e. The van der Waals surface area contributed by atoms with Crippen LogP contribution >= 0.6 is 0 Å². The maximum Gasteiger partial charge on any atom is 0.234 e. The third-order valence-corrected chi connectivity index (χ3v) is 3.49. The molecule has 0 aliphatic carbocycles. The van der Waals surface area contributed by atoms with Crippen molar-refractivity contribution in [3.8, 4) is 5.95 Å². The number of aryl methyl sites for hydroxylation is 1. The molecule has 0 amide bonds. The van der Waals surface area contributed by atoms with Crippen molar-refractivity contribution in [2.45, 2.75) is 32.7 Å². The normalized spacial score (nSPS) is 16.7. The predicted octanol–water partition coefficient (Wildman–Crippen LogP) is 1.96. The lowest BCUT2D eigenvalue weighted by molar-refractivity contribution is 0.220. The Bertz CT molecular complexity index is 525. The molecule has 3 heterocycles. The molecule has 1 saturated heterocycles. The van der Waals surface area contributed by atoms with Crippen molar-refractivity contribution in [3.05, 3.63) is 36.2 Å². The van der Waals surface area contributed by atoms with E-state index >= 15 is 0 Å². The summed E-state index contributed by atoms with van der Waals surface area (Å²) in [5.74, 6) is 0.683. The maximum atomic E-state index is 4.41. The Morgan fingerprint density at radius 2 is 1.79 bits per heavy atom. The van der Waals surface area contributed by atoms with Crippen molar-refractivity contribution in [1.29, 1.82) is 0 Å². The molecule has 2 aromatic rings. The zero-order valence-electron chi connectivity index (χ0n) is 11.3. The van der Waals surface area contributed by atoms with Gasteiger partial charge in [0.15, 0.2) is 0 Å². The summed E-state index contributed by atoms with van der Waals surface area (Å²) in [7, 11) is 0. The average molecular weight is 257 g/mol. The predicted molar refractivity (Wildman–Crippen MR) is 73.0 cm³/mol. The number of likely N-dealkylation sites (tertiary alicyclic amines) is 1. The second-order valence-corrected chi connectivity index (χ2v) is 5.15. The van der Waals surface area contributed by atoms with Crippen molar-refractivity contribution in [1.82, 2.24) is 24.4 Å². The number of aromatic nitrogens is 4. The fourth-order valence-corrected chi connectivity index (χ4v) is 2.47. The molecule has 100 valence electrons. The van der Waals surface area contributed by atoms with Gasteiger partial charge in [-0.05, 0) is 32.9 Å². The molecular formula is C14H19N5. The van der Waals surface area contributed by atoms with Crippen LogP contribution in [0.1, 0.15) is 30.5 Å². The molecule has 1 aliphatic rings. The van der Waals surface area contributed by atoms with E-state index in [9.17, 15) is 0 Å². The van der Waals surface area contributed by atoms with Gasteiger partial charge in [-0.1, -0.05) is 6.42 Å². The maximum absolute atomic E-state index is 4.41. The van der Waals surface area contributed by atoms with Gasteiger partial charge >= 0.3 is 0 Å². The number of imidazole rings is 1. The summed E-state index contributed by atoms with van der Waals surface area (Å²) in [6.45, 7) is 5.31. The number of piperidine rings is 1. The zero-order chi connectivity index (χ0) is 13.1. The van der Waals surface area contributed by atoms with Gasteiger partial charge in [-0.25, -0.2) is 15.0 Å². The minimum absolute atomic E-state index is 0.683. The van der Waals surface area contributed by atoms with E-state index < -0.39 is 0 Å². The van der Waals surface area contributed by atoms with Crippen LogP contribution in [0.4, 0.5) is 0 Å². The van der Waals surface area contributed by atoms with Crippen LogP contribution in [0.3, 0.4) is 0 Å². The highest BCUT2D eigenvalue weighted by Gasteiger charge is 2.11. The van der Waals surface area contributed by atoms with Crippen LogP contribution in [-0.2, 0) is 6.54 Å². The Balaban J connectivity index is 1.68. The van der Waals surface area contributed by atoms with Gasteiger partial charge in [0.25, 0.3) is 0 Å². The van der Waals surface area contributed by atoms with E-state index in [4.69, 9.17) is 0 Å². The van der Waals surface area contributed by atoms with Crippen molar-refractivity contribution in [2.24, 2.45) is 0 Å². The molecule has 0 atom stereocenters. The smallest absolute Gasteiger partial charge is 0.234 e. The van der Waals surface area contributed by atoms with Crippen LogP contribution in [0, 0.1) is 6.92 Å². The molecule has 0 radical (unpaired) electrons. The summed E-state index contributed by atoms with van der Waals surface area (Å²) in [6, 6.07) is 0. The van der Waals surface area contributed by atoms with Gasteiger partial charge in [-0.2, -0.15) is 0 Å². The summed E-state index contributed by atoms with van der Waals surface area (Å²) in [6.07, 6.45) is 11.5. The lowest BCUT2D eigenvalue weighted by Crippen LogP contribution is -2.29. The quantitative estimate of drug-likeness (QED) is 0.843. The first-order chi connectivity index (χ1) is 9.31. The summed E-state index contributed by atoms with van der Waals surface area (Å²) in [5.41, 5.74) is 2.16. The van der Waals surface area contributed by atoms with Crippen molar-refractivity contribution in [2.75, 3.05) is 13.1 Å². The van der Waals surface area contributed by atoms with Crippen LogP contribution in [0.25, 0.3) is 5.95 Å². The molecule has 0 bridgehead atoms. The van der Waals surface area contributed by atoms with E-state index in [0.717, 1.165) is 12.2 Å². The summed E-state index contributed by atoms with van der Waals surface area (Å²) < 4.78 is 1.85. The number of hydrogen-bond acceptors (Lipinski definition) is 4. The molecule has 0 unspecified atom stereocenters. The lowest BCUT2D eigenvalue weighted by Gasteiger charge is -2.26. The average Bonchev–Trinajstić information content (AvgIpc) is 2.87. The Labute approximate surface area is 113 Å². The van der Waals surface area contributed by atoms with Gasteiger partial charge < -0.3 is 0 Å². The molecule has 0 aromatic carbocycles. The Morgan fingerprint density at radius 1 is 1.05 bits per heavy atom. The molecule has 2 aromatic heterocycles. The Kier molecular flexibility index (Phi) is 3.55. The SMILES string of the molecule is Cc1cn(-c2ncc(CN3CCCCC3)cn2)cn1. The van der Waals surface area contributed by atoms with E-state index in [2.05, 4.69) is 19.9 Å². The van der Waals surface area contributed by atoms with Crippen LogP contribution in [0.5, 0.6) is 0 Å². The van der Waals surface area contributed by atoms with E-state index in [1.165, 1.54) is 37.9 Å². The first kappa shape index (κ1) is 12.3. The Morgan fingerprint density at radius 3 is 2.42 bits per heavy atom. The first-order valence-corrected chi connectivity index (χ1v) is 6.85. The monoisotopic (exact) mass is 257 g/mol. The molecule has 0 N–H and O–H groups in total. The molecular weight excluding hydrogens is 238 g/mol. The van der Waals surface area contributed by atoms with E-state index in [1.807, 2.05) is 30.1 Å². The summed E-state index contributed by atoms with van der Waals surface area (Å²) >= 11 is 0. The fraction of sp³-hybridized carbons (Fsp3) is 0.500. The molecule has 5 heteroatoms. The highest BCUT2D eigenvalue weighted by atomic mass is 15.2. The van der Waals surface area contributed by atoms with Gasteiger partial charge in [-0.3, -0.25) is 9.47 Å². The summed E-state index contributed by atoms with van der Waals surface area (Å²) in [4.78, 5) is 15.5. The first-order valence-electron chi connectivity index (χ1n) is 6.85. The molecule has 1 fully saturated rings. The van der Waals surface area contributed by atoms with Gasteiger partial charge in [0.05, 0.1) is 5.69 Å². The van der Waals surface area contributed by atoms with Gasteiger partial charge in [-0.15, -0.1) is 0 Å². The molecule has 3 rings (SSSR count). The van der Waals surface area contributed by atoms with Crippen LogP contribution in [-0.4, -0.2) is 37.5 Å². The van der Waals surface area contributed by atoms with Gasteiger partial charge in [0.2, 0.25) is 5.95 Å². The number of nitrogens with zero attached hydrogens (tertiary/aromatic N) is 5. The second-order valence-electron chi connectivity index (χ2n) is 5.15. The van der Waals surface area contributed by atoms with Gasteiger partial charge in [0, 0.05) is 30.7 Å². The zero-order valence-corrected chi connectivity index (χ0v) is 11.3. The molecule has 19 heavy (non-hydrogen) atoms. The van der Waals surface area contributed by atoms with E-state index in [-0.39, 0.29) is 0 Å². The van der Waals surface area contributed by atoms with Gasteiger partial charge in [0.1, 0.15) is 6.33 Å². The number of hydrogen-bond donors (Lipinski definition) is 0. The highest BCUT2D eigenvalue weighted by molar-refractivity contribution is 5.16. The molecule has 5 nitrogen and oxygen atoms in total. The highest BCUT2D eigenvalue weighted by Crippen LogP contribution is 2.12. The Hall–Kier alpha value is -1.75. The minimum Gasteiger partial charge on any atom is -0.299 e. The molecule has 1 aliphatic heterocycles. The fourth-order valence-electron chi connectivity index (χ4n) is 2.47. The van der Waals surface area contributed by atoms with Crippen LogP contribution in [0.15, 0.2) is 24.9 Å². The van der Waals surface area contributed by atoms with Crippen molar-refractivity contribution >= 4 is 0 Å². The topological polar surface area (TPSA) is 46.8 Å². The standard InChI is InChI=1S/C14H19N5/c1-12-9-19(11-17-12)14-15-7-13(8-16-14)10-18-5-3-2-4-6-18/h7-9,11H,2-6,10H2,1H3. The summed E-state index contributed by atoms with van der Waals surface area (Å²) in [5, 5.41) is 0. The van der Waals surface area contributed by atoms with E-state index in [0.29, 0.717) is 5.95 Å². The molecule has 0 saturated carbocycles. The lowest BCUT2D eigenvalue weighted by atomic mass is 10.1. The van der Waals surface area contributed by atoms with E-state index in [1.54, 1.807) is 6.33 Å². The third-order valence-electron chi connectivity index (χ3n) is 3.49. The van der Waals surface area contributed by atoms with Crippen LogP contribution < -0.4 is 0 Å². The van der Waals surface area contributed by atoms with Crippen LogP contribution in [0.2, 0.25) is 0 Å².